The quantitative estimate of drug-likeness (QED) is 0.654. The summed E-state index contributed by atoms with van der Waals surface area (Å²) >= 11 is 0. The molecular formula is C21H19FN2O3S. The molecule has 7 heteroatoms. The van der Waals surface area contributed by atoms with Crippen molar-refractivity contribution in [1.82, 2.24) is 0 Å². The molecule has 0 unspecified atom stereocenters. The average molecular weight is 398 g/mol. The fraction of sp³-hybridized carbons (Fsp3) is 0.0952. The van der Waals surface area contributed by atoms with E-state index in [9.17, 15) is 17.6 Å². The highest BCUT2D eigenvalue weighted by Crippen LogP contribution is 2.25. The predicted molar refractivity (Wildman–Crippen MR) is 108 cm³/mol. The summed E-state index contributed by atoms with van der Waals surface area (Å²) < 4.78 is 40.8. The molecule has 3 aromatic rings. The first-order valence-corrected chi connectivity index (χ1v) is 9.93. The number of para-hydroxylation sites is 2. The molecule has 0 fully saturated rings. The Kier molecular flexibility index (Phi) is 5.46. The minimum Gasteiger partial charge on any atom is -0.311 e. The average Bonchev–Trinajstić information content (AvgIpc) is 2.73. The van der Waals surface area contributed by atoms with Gasteiger partial charge in [0.25, 0.3) is 15.9 Å². The fourth-order valence-corrected chi connectivity index (χ4v) is 4.00. The molecule has 0 aliphatic carbocycles. The number of anilines is 2. The maximum atomic E-state index is 14.0. The number of sulfonamides is 1. The van der Waals surface area contributed by atoms with E-state index in [2.05, 4.69) is 0 Å². The molecule has 0 spiro atoms. The normalized spacial score (nSPS) is 11.1. The van der Waals surface area contributed by atoms with Gasteiger partial charge in [-0.25, -0.2) is 12.8 Å². The molecule has 1 amide bonds. The number of halogens is 1. The molecular weight excluding hydrogens is 379 g/mol. The van der Waals surface area contributed by atoms with Gasteiger partial charge >= 0.3 is 0 Å². The zero-order chi connectivity index (χ0) is 20.3. The van der Waals surface area contributed by atoms with Gasteiger partial charge < -0.3 is 4.90 Å². The number of carbonyl (C=O) groups is 1. The second kappa shape index (κ2) is 7.82. The number of hydrogen-bond acceptors (Lipinski definition) is 3. The van der Waals surface area contributed by atoms with Crippen molar-refractivity contribution in [3.63, 3.8) is 0 Å². The Morgan fingerprint density at radius 1 is 0.857 bits per heavy atom. The van der Waals surface area contributed by atoms with Gasteiger partial charge in [0, 0.05) is 25.3 Å². The van der Waals surface area contributed by atoms with Crippen LogP contribution >= 0.6 is 0 Å². The van der Waals surface area contributed by atoms with Gasteiger partial charge in [0.05, 0.1) is 10.6 Å². The van der Waals surface area contributed by atoms with Gasteiger partial charge in [0.1, 0.15) is 5.82 Å². The number of hydrogen-bond donors (Lipinski definition) is 0. The lowest BCUT2D eigenvalue weighted by molar-refractivity contribution is 0.0993. The summed E-state index contributed by atoms with van der Waals surface area (Å²) in [4.78, 5) is 14.1. The predicted octanol–water partition coefficient (Wildman–Crippen LogP) is 3.93. The molecule has 0 atom stereocenters. The number of carbonyl (C=O) groups excluding carboxylic acids is 1. The molecule has 3 rings (SSSR count). The highest BCUT2D eigenvalue weighted by atomic mass is 32.2. The first-order chi connectivity index (χ1) is 13.3. The molecule has 0 bridgehead atoms. The topological polar surface area (TPSA) is 57.7 Å². The van der Waals surface area contributed by atoms with E-state index < -0.39 is 15.8 Å². The minimum absolute atomic E-state index is 0.0689. The number of benzene rings is 3. The van der Waals surface area contributed by atoms with Crippen LogP contribution in [0.25, 0.3) is 0 Å². The van der Waals surface area contributed by atoms with Crippen LogP contribution in [0.3, 0.4) is 0 Å². The summed E-state index contributed by atoms with van der Waals surface area (Å²) in [6.07, 6.45) is 0. The first kappa shape index (κ1) is 19.6. The van der Waals surface area contributed by atoms with Crippen LogP contribution in [0.15, 0.2) is 83.8 Å². The second-order valence-electron chi connectivity index (χ2n) is 6.15. The van der Waals surface area contributed by atoms with Crippen molar-refractivity contribution in [2.75, 3.05) is 23.3 Å². The molecule has 0 aliphatic rings. The van der Waals surface area contributed by atoms with Crippen molar-refractivity contribution in [2.24, 2.45) is 0 Å². The van der Waals surface area contributed by atoms with E-state index in [1.807, 2.05) is 18.2 Å². The van der Waals surface area contributed by atoms with Crippen molar-refractivity contribution in [2.45, 2.75) is 4.90 Å². The monoisotopic (exact) mass is 398 g/mol. The van der Waals surface area contributed by atoms with E-state index in [0.717, 1.165) is 4.31 Å². The largest absolute Gasteiger partial charge is 0.311 e. The molecule has 28 heavy (non-hydrogen) atoms. The molecule has 5 nitrogen and oxygen atoms in total. The Morgan fingerprint density at radius 2 is 1.50 bits per heavy atom. The Hall–Kier alpha value is -3.19. The van der Waals surface area contributed by atoms with Crippen molar-refractivity contribution in [3.05, 3.63) is 90.2 Å². The van der Waals surface area contributed by atoms with Gasteiger partial charge in [0.15, 0.2) is 0 Å². The van der Waals surface area contributed by atoms with Crippen LogP contribution in [0.1, 0.15) is 10.4 Å². The van der Waals surface area contributed by atoms with Gasteiger partial charge in [-0.2, -0.15) is 0 Å². The van der Waals surface area contributed by atoms with E-state index in [4.69, 9.17) is 0 Å². The number of nitrogens with zero attached hydrogens (tertiary/aromatic N) is 2. The maximum Gasteiger partial charge on any atom is 0.264 e. The third-order valence-corrected chi connectivity index (χ3v) is 6.15. The zero-order valence-electron chi connectivity index (χ0n) is 15.4. The molecule has 0 N–H and O–H groups in total. The number of amides is 1. The van der Waals surface area contributed by atoms with Gasteiger partial charge in [-0.3, -0.25) is 9.10 Å². The van der Waals surface area contributed by atoms with Crippen LogP contribution in [0.2, 0.25) is 0 Å². The summed E-state index contributed by atoms with van der Waals surface area (Å²) in [6.45, 7) is 0. The van der Waals surface area contributed by atoms with Crippen molar-refractivity contribution >= 4 is 27.3 Å². The molecule has 0 saturated heterocycles. The highest BCUT2D eigenvalue weighted by molar-refractivity contribution is 7.92. The highest BCUT2D eigenvalue weighted by Gasteiger charge is 2.25. The molecule has 3 aromatic carbocycles. The van der Waals surface area contributed by atoms with E-state index >= 15 is 0 Å². The van der Waals surface area contributed by atoms with Crippen LogP contribution in [-0.2, 0) is 10.0 Å². The summed E-state index contributed by atoms with van der Waals surface area (Å²) in [5.74, 6) is -0.999. The van der Waals surface area contributed by atoms with Crippen molar-refractivity contribution < 1.29 is 17.6 Å². The lowest BCUT2D eigenvalue weighted by atomic mass is 10.2. The minimum atomic E-state index is -4.04. The van der Waals surface area contributed by atoms with Crippen LogP contribution in [-0.4, -0.2) is 28.4 Å². The summed E-state index contributed by atoms with van der Waals surface area (Å²) in [6, 6.07) is 20.4. The smallest absolute Gasteiger partial charge is 0.264 e. The maximum absolute atomic E-state index is 14.0. The van der Waals surface area contributed by atoms with Crippen molar-refractivity contribution in [1.29, 1.82) is 0 Å². The van der Waals surface area contributed by atoms with Crippen LogP contribution in [0.4, 0.5) is 15.8 Å². The lowest BCUT2D eigenvalue weighted by Gasteiger charge is -2.21. The lowest BCUT2D eigenvalue weighted by Crippen LogP contribution is -2.29. The third kappa shape index (κ3) is 3.75. The number of rotatable bonds is 5. The first-order valence-electron chi connectivity index (χ1n) is 8.49. The summed E-state index contributed by atoms with van der Waals surface area (Å²) in [5.41, 5.74) is 0.833. The molecule has 0 radical (unpaired) electrons. The van der Waals surface area contributed by atoms with E-state index in [1.54, 1.807) is 31.3 Å². The fourth-order valence-electron chi connectivity index (χ4n) is 2.75. The summed E-state index contributed by atoms with van der Waals surface area (Å²) in [5, 5.41) is 0. The Morgan fingerprint density at radius 3 is 2.18 bits per heavy atom. The van der Waals surface area contributed by atoms with Gasteiger partial charge in [0.2, 0.25) is 0 Å². The second-order valence-corrected chi connectivity index (χ2v) is 8.12. The van der Waals surface area contributed by atoms with E-state index in [0.29, 0.717) is 5.69 Å². The van der Waals surface area contributed by atoms with Gasteiger partial charge in [-0.05, 0) is 42.5 Å². The standard InChI is InChI=1S/C21H19FN2O3S/c1-23(17-10-4-3-5-11-17)21(25)16-9-8-12-18(15-16)28(26,27)24(2)20-14-7-6-13-19(20)22/h3-15H,1-2H3. The van der Waals surface area contributed by atoms with Crippen LogP contribution < -0.4 is 9.21 Å². The van der Waals surface area contributed by atoms with Crippen LogP contribution in [0.5, 0.6) is 0 Å². The Labute approximate surface area is 163 Å². The zero-order valence-corrected chi connectivity index (χ0v) is 16.2. The molecule has 0 aliphatic heterocycles. The summed E-state index contributed by atoms with van der Waals surface area (Å²) in [7, 11) is -1.15. The Bertz CT molecular complexity index is 1100. The molecule has 0 heterocycles. The SMILES string of the molecule is CN(C(=O)c1cccc(S(=O)(=O)N(C)c2ccccc2F)c1)c1ccccc1. The third-order valence-electron chi connectivity index (χ3n) is 4.38. The van der Waals surface area contributed by atoms with E-state index in [-0.39, 0.29) is 22.1 Å². The molecule has 0 aromatic heterocycles. The van der Waals surface area contributed by atoms with E-state index in [1.165, 1.54) is 48.3 Å². The van der Waals surface area contributed by atoms with Crippen molar-refractivity contribution in [3.8, 4) is 0 Å². The van der Waals surface area contributed by atoms with Gasteiger partial charge in [-0.1, -0.05) is 36.4 Å². The van der Waals surface area contributed by atoms with Gasteiger partial charge in [-0.15, -0.1) is 0 Å². The molecule has 0 saturated carbocycles. The Balaban J connectivity index is 1.94. The van der Waals surface area contributed by atoms with Crippen LogP contribution in [0, 0.1) is 5.82 Å². The molecule has 144 valence electrons.